The molecule has 2 aromatic rings. The van der Waals surface area contributed by atoms with Gasteiger partial charge in [0.25, 0.3) is 0 Å². The lowest BCUT2D eigenvalue weighted by atomic mass is 10.0. The summed E-state index contributed by atoms with van der Waals surface area (Å²) in [5, 5.41) is 0. The van der Waals surface area contributed by atoms with Crippen LogP contribution >= 0.6 is 0 Å². The zero-order valence-electron chi connectivity index (χ0n) is 11.1. The predicted octanol–water partition coefficient (Wildman–Crippen LogP) is 1.75. The van der Waals surface area contributed by atoms with E-state index in [0.717, 1.165) is 0 Å². The van der Waals surface area contributed by atoms with Crippen molar-refractivity contribution < 1.29 is 9.18 Å². The van der Waals surface area contributed by atoms with Crippen LogP contribution in [-0.4, -0.2) is 15.5 Å². The van der Waals surface area contributed by atoms with E-state index in [1.165, 1.54) is 6.07 Å². The molecule has 1 amide bonds. The van der Waals surface area contributed by atoms with E-state index in [4.69, 9.17) is 11.5 Å². The summed E-state index contributed by atoms with van der Waals surface area (Å²) in [7, 11) is 0. The number of anilines is 1. The number of amides is 1. The Bertz CT molecular complexity index is 648. The van der Waals surface area contributed by atoms with E-state index >= 15 is 0 Å². The molecular weight excluding hydrogens is 247 g/mol. The van der Waals surface area contributed by atoms with Gasteiger partial charge in [0.05, 0.1) is 11.0 Å². The third-order valence-corrected chi connectivity index (χ3v) is 3.20. The Balaban J connectivity index is 2.75. The highest BCUT2D eigenvalue weighted by Gasteiger charge is 2.26. The maximum absolute atomic E-state index is 13.5. The van der Waals surface area contributed by atoms with Crippen LogP contribution in [0.5, 0.6) is 0 Å². The normalized spacial score (nSPS) is 13.1. The van der Waals surface area contributed by atoms with Crippen LogP contribution in [0.2, 0.25) is 0 Å². The van der Waals surface area contributed by atoms with Crippen molar-refractivity contribution in [2.24, 2.45) is 11.7 Å². The lowest BCUT2D eigenvalue weighted by molar-refractivity contribution is -0.122. The summed E-state index contributed by atoms with van der Waals surface area (Å²) in [6, 6.07) is 2.34. The fourth-order valence-electron chi connectivity index (χ4n) is 2.29. The number of aryl methyl sites for hydroxylation is 1. The smallest absolute Gasteiger partial charge is 0.240 e. The van der Waals surface area contributed by atoms with E-state index in [2.05, 4.69) is 4.98 Å². The quantitative estimate of drug-likeness (QED) is 0.885. The number of nitrogens with zero attached hydrogens (tertiary/aromatic N) is 2. The summed E-state index contributed by atoms with van der Waals surface area (Å²) in [6.07, 6.45) is 0. The van der Waals surface area contributed by atoms with E-state index in [1.807, 2.05) is 13.8 Å². The number of hydrogen-bond acceptors (Lipinski definition) is 3. The van der Waals surface area contributed by atoms with Gasteiger partial charge in [-0.05, 0) is 24.5 Å². The maximum atomic E-state index is 13.5. The highest BCUT2D eigenvalue weighted by molar-refractivity contribution is 5.85. The minimum Gasteiger partial charge on any atom is -0.369 e. The van der Waals surface area contributed by atoms with Crippen molar-refractivity contribution in [2.45, 2.75) is 26.8 Å². The standard InChI is InChI=1S/C13H17FN4O/c1-6(2)11(12(15)19)18-10-4-7(3)8(14)5-9(10)17-13(18)16/h4-6,11H,1-3H3,(H2,15,19)(H2,16,17). The van der Waals surface area contributed by atoms with Gasteiger partial charge in [0.2, 0.25) is 11.9 Å². The summed E-state index contributed by atoms with van der Waals surface area (Å²) >= 11 is 0. The Hall–Kier alpha value is -2.11. The van der Waals surface area contributed by atoms with Crippen LogP contribution in [-0.2, 0) is 4.79 Å². The molecule has 6 heteroatoms. The van der Waals surface area contributed by atoms with Crippen molar-refractivity contribution in [3.63, 3.8) is 0 Å². The summed E-state index contributed by atoms with van der Waals surface area (Å²) in [5.41, 5.74) is 12.8. The molecule has 1 heterocycles. The summed E-state index contributed by atoms with van der Waals surface area (Å²) < 4.78 is 15.1. The lowest BCUT2D eigenvalue weighted by Gasteiger charge is -2.21. The van der Waals surface area contributed by atoms with Crippen molar-refractivity contribution in [1.29, 1.82) is 0 Å². The maximum Gasteiger partial charge on any atom is 0.240 e. The molecule has 0 radical (unpaired) electrons. The molecule has 0 aliphatic rings. The molecule has 0 saturated heterocycles. The Kier molecular flexibility index (Phi) is 3.18. The second-order valence-electron chi connectivity index (χ2n) is 5.02. The molecule has 0 aliphatic heterocycles. The second kappa shape index (κ2) is 4.53. The zero-order chi connectivity index (χ0) is 14.3. The Morgan fingerprint density at radius 1 is 1.42 bits per heavy atom. The second-order valence-corrected chi connectivity index (χ2v) is 5.02. The van der Waals surface area contributed by atoms with E-state index in [0.29, 0.717) is 16.6 Å². The zero-order valence-corrected chi connectivity index (χ0v) is 11.1. The number of halogens is 1. The number of hydrogen-bond donors (Lipinski definition) is 2. The first-order chi connectivity index (χ1) is 8.82. The number of aromatic nitrogens is 2. The number of nitrogen functional groups attached to an aromatic ring is 1. The van der Waals surface area contributed by atoms with Crippen molar-refractivity contribution in [2.75, 3.05) is 5.73 Å². The molecule has 1 unspecified atom stereocenters. The fraction of sp³-hybridized carbons (Fsp3) is 0.385. The molecule has 5 nitrogen and oxygen atoms in total. The SMILES string of the molecule is Cc1cc2c(cc1F)nc(N)n2C(C(N)=O)C(C)C. The summed E-state index contributed by atoms with van der Waals surface area (Å²) in [5.74, 6) is -0.708. The average molecular weight is 264 g/mol. The number of fused-ring (bicyclic) bond motifs is 1. The van der Waals surface area contributed by atoms with E-state index < -0.39 is 11.9 Å². The van der Waals surface area contributed by atoms with Crippen LogP contribution in [0.3, 0.4) is 0 Å². The highest BCUT2D eigenvalue weighted by atomic mass is 19.1. The molecule has 0 spiro atoms. The molecular formula is C13H17FN4O. The van der Waals surface area contributed by atoms with E-state index in [-0.39, 0.29) is 17.7 Å². The molecule has 102 valence electrons. The van der Waals surface area contributed by atoms with Crippen LogP contribution in [0.15, 0.2) is 12.1 Å². The first-order valence-corrected chi connectivity index (χ1v) is 6.05. The Morgan fingerprint density at radius 2 is 2.05 bits per heavy atom. The van der Waals surface area contributed by atoms with Gasteiger partial charge in [-0.1, -0.05) is 13.8 Å². The van der Waals surface area contributed by atoms with E-state index in [9.17, 15) is 9.18 Å². The molecule has 1 aromatic heterocycles. The van der Waals surface area contributed by atoms with Crippen molar-refractivity contribution >= 4 is 22.9 Å². The third-order valence-electron chi connectivity index (χ3n) is 3.20. The first kappa shape index (κ1) is 13.3. The van der Waals surface area contributed by atoms with E-state index in [1.54, 1.807) is 17.6 Å². The van der Waals surface area contributed by atoms with Crippen LogP contribution in [0, 0.1) is 18.7 Å². The fourth-order valence-corrected chi connectivity index (χ4v) is 2.29. The van der Waals surface area contributed by atoms with Gasteiger partial charge in [0.15, 0.2) is 0 Å². The average Bonchev–Trinajstić information content (AvgIpc) is 2.56. The van der Waals surface area contributed by atoms with Crippen LogP contribution in [0.4, 0.5) is 10.3 Å². The molecule has 2 rings (SSSR count). The monoisotopic (exact) mass is 264 g/mol. The topological polar surface area (TPSA) is 86.9 Å². The van der Waals surface area contributed by atoms with Crippen molar-refractivity contribution in [1.82, 2.24) is 9.55 Å². The van der Waals surface area contributed by atoms with Gasteiger partial charge in [-0.25, -0.2) is 9.37 Å². The molecule has 0 fully saturated rings. The van der Waals surface area contributed by atoms with Gasteiger partial charge >= 0.3 is 0 Å². The number of nitrogens with two attached hydrogens (primary N) is 2. The van der Waals surface area contributed by atoms with Gasteiger partial charge in [-0.15, -0.1) is 0 Å². The minimum atomic E-state index is -0.602. The highest BCUT2D eigenvalue weighted by Crippen LogP contribution is 2.28. The minimum absolute atomic E-state index is 0.0393. The number of carbonyl (C=O) groups excluding carboxylic acids is 1. The van der Waals surface area contributed by atoms with Gasteiger partial charge in [-0.2, -0.15) is 0 Å². The molecule has 19 heavy (non-hydrogen) atoms. The lowest BCUT2D eigenvalue weighted by Crippen LogP contribution is -2.31. The number of benzene rings is 1. The predicted molar refractivity (Wildman–Crippen MR) is 71.9 cm³/mol. The number of primary amides is 1. The van der Waals surface area contributed by atoms with Crippen LogP contribution in [0.25, 0.3) is 11.0 Å². The molecule has 1 atom stereocenters. The third kappa shape index (κ3) is 2.14. The number of rotatable bonds is 3. The van der Waals surface area contributed by atoms with Crippen LogP contribution < -0.4 is 11.5 Å². The number of imidazole rings is 1. The van der Waals surface area contributed by atoms with Gasteiger partial charge in [-0.3, -0.25) is 9.36 Å². The van der Waals surface area contributed by atoms with Crippen LogP contribution in [0.1, 0.15) is 25.5 Å². The number of carbonyl (C=O) groups is 1. The van der Waals surface area contributed by atoms with Crippen molar-refractivity contribution in [3.05, 3.63) is 23.5 Å². The molecule has 0 bridgehead atoms. The van der Waals surface area contributed by atoms with Crippen molar-refractivity contribution in [3.8, 4) is 0 Å². The first-order valence-electron chi connectivity index (χ1n) is 6.05. The summed E-state index contributed by atoms with van der Waals surface area (Å²) in [6.45, 7) is 5.39. The van der Waals surface area contributed by atoms with Gasteiger partial charge < -0.3 is 11.5 Å². The molecule has 4 N–H and O–H groups in total. The summed E-state index contributed by atoms with van der Waals surface area (Å²) in [4.78, 5) is 15.7. The molecule has 1 aromatic carbocycles. The largest absolute Gasteiger partial charge is 0.369 e. The Labute approximate surface area is 110 Å². The van der Waals surface area contributed by atoms with Gasteiger partial charge in [0, 0.05) is 6.07 Å². The molecule has 0 aliphatic carbocycles. The van der Waals surface area contributed by atoms with Gasteiger partial charge in [0.1, 0.15) is 11.9 Å². The molecule has 0 saturated carbocycles. The Morgan fingerprint density at radius 3 is 2.58 bits per heavy atom.